The second-order valence-corrected chi connectivity index (χ2v) is 5.02. The molecule has 2 aliphatic rings. The highest BCUT2D eigenvalue weighted by atomic mass is 16.5. The van der Waals surface area contributed by atoms with Gasteiger partial charge in [0.2, 0.25) is 11.8 Å². The molecule has 18 heavy (non-hydrogen) atoms. The van der Waals surface area contributed by atoms with Crippen LogP contribution >= 0.6 is 0 Å². The van der Waals surface area contributed by atoms with Crippen molar-refractivity contribution in [2.45, 2.75) is 31.9 Å². The smallest absolute Gasteiger partial charge is 0.227 e. The number of ether oxygens (including phenoxy) is 1. The molecule has 2 N–H and O–H groups in total. The summed E-state index contributed by atoms with van der Waals surface area (Å²) in [5, 5.41) is 11.8. The van der Waals surface area contributed by atoms with Crippen molar-refractivity contribution in [3.63, 3.8) is 0 Å². The maximum absolute atomic E-state index is 12.4. The van der Waals surface area contributed by atoms with Crippen LogP contribution in [0.4, 0.5) is 0 Å². The lowest BCUT2D eigenvalue weighted by Crippen LogP contribution is -2.55. The van der Waals surface area contributed by atoms with Crippen LogP contribution in [0.5, 0.6) is 0 Å². The van der Waals surface area contributed by atoms with Gasteiger partial charge in [0.15, 0.2) is 0 Å². The third-order valence-corrected chi connectivity index (χ3v) is 3.61. The van der Waals surface area contributed by atoms with Gasteiger partial charge in [-0.1, -0.05) is 0 Å². The van der Waals surface area contributed by atoms with Crippen molar-refractivity contribution in [3.8, 4) is 0 Å². The Bertz CT molecular complexity index is 324. The van der Waals surface area contributed by atoms with Crippen LogP contribution in [-0.4, -0.2) is 60.3 Å². The minimum absolute atomic E-state index is 0.0160. The summed E-state index contributed by atoms with van der Waals surface area (Å²) >= 11 is 0. The molecule has 3 atom stereocenters. The molecule has 6 nitrogen and oxygen atoms in total. The predicted molar refractivity (Wildman–Crippen MR) is 63.7 cm³/mol. The molecule has 2 amide bonds. The van der Waals surface area contributed by atoms with Crippen LogP contribution in [-0.2, 0) is 14.3 Å². The van der Waals surface area contributed by atoms with Crippen LogP contribution in [0, 0.1) is 5.92 Å². The molecule has 0 aromatic carbocycles. The summed E-state index contributed by atoms with van der Waals surface area (Å²) in [4.78, 5) is 25.2. The number of hydrogen-bond acceptors (Lipinski definition) is 4. The summed E-state index contributed by atoms with van der Waals surface area (Å²) in [6.45, 7) is 3.17. The van der Waals surface area contributed by atoms with E-state index >= 15 is 0 Å². The molecule has 0 aromatic heterocycles. The lowest BCUT2D eigenvalue weighted by atomic mass is 9.96. The Morgan fingerprint density at radius 2 is 2.39 bits per heavy atom. The van der Waals surface area contributed by atoms with E-state index in [-0.39, 0.29) is 36.5 Å². The Morgan fingerprint density at radius 3 is 3.00 bits per heavy atom. The van der Waals surface area contributed by atoms with Gasteiger partial charge in [-0.2, -0.15) is 0 Å². The first-order valence-corrected chi connectivity index (χ1v) is 6.41. The fourth-order valence-corrected chi connectivity index (χ4v) is 2.41. The summed E-state index contributed by atoms with van der Waals surface area (Å²) in [6.07, 6.45) is 0.736. The van der Waals surface area contributed by atoms with E-state index in [0.29, 0.717) is 32.5 Å². The number of carbonyl (C=O) groups excluding carboxylic acids is 2. The molecular weight excluding hydrogens is 236 g/mol. The van der Waals surface area contributed by atoms with E-state index in [1.165, 1.54) is 0 Å². The third kappa shape index (κ3) is 2.81. The summed E-state index contributed by atoms with van der Waals surface area (Å²) in [6, 6.07) is 0.0259. The Balaban J connectivity index is 1.96. The SMILES string of the molecule is CC1COC(CO)CN1C(=O)C1CCC(=O)NC1. The monoisotopic (exact) mass is 256 g/mol. The number of nitrogens with one attached hydrogen (secondary N) is 1. The Labute approximate surface area is 106 Å². The van der Waals surface area contributed by atoms with Gasteiger partial charge in [-0.05, 0) is 13.3 Å². The normalized spacial score (nSPS) is 33.1. The van der Waals surface area contributed by atoms with Gasteiger partial charge in [-0.3, -0.25) is 9.59 Å². The van der Waals surface area contributed by atoms with Gasteiger partial charge < -0.3 is 20.1 Å². The van der Waals surface area contributed by atoms with Crippen LogP contribution in [0.1, 0.15) is 19.8 Å². The Hall–Kier alpha value is -1.14. The van der Waals surface area contributed by atoms with Gasteiger partial charge in [0.05, 0.1) is 31.3 Å². The average Bonchev–Trinajstić information content (AvgIpc) is 2.39. The summed E-state index contributed by atoms with van der Waals surface area (Å²) in [5.41, 5.74) is 0. The highest BCUT2D eigenvalue weighted by Gasteiger charge is 2.34. The van der Waals surface area contributed by atoms with Crippen molar-refractivity contribution in [2.75, 3.05) is 26.3 Å². The lowest BCUT2D eigenvalue weighted by Gasteiger charge is -2.39. The molecule has 0 saturated carbocycles. The van der Waals surface area contributed by atoms with E-state index < -0.39 is 0 Å². The van der Waals surface area contributed by atoms with Gasteiger partial charge in [0, 0.05) is 19.5 Å². The van der Waals surface area contributed by atoms with Crippen LogP contribution in [0.25, 0.3) is 0 Å². The number of piperidine rings is 1. The van der Waals surface area contributed by atoms with E-state index in [1.54, 1.807) is 4.90 Å². The Kier molecular flexibility index (Phi) is 4.19. The minimum Gasteiger partial charge on any atom is -0.394 e. The molecule has 3 unspecified atom stereocenters. The first kappa shape index (κ1) is 13.3. The van der Waals surface area contributed by atoms with Crippen molar-refractivity contribution < 1.29 is 19.4 Å². The molecule has 2 saturated heterocycles. The van der Waals surface area contributed by atoms with Gasteiger partial charge >= 0.3 is 0 Å². The van der Waals surface area contributed by atoms with E-state index in [0.717, 1.165) is 0 Å². The quantitative estimate of drug-likeness (QED) is 0.672. The average molecular weight is 256 g/mol. The molecule has 0 aliphatic carbocycles. The van der Waals surface area contributed by atoms with E-state index in [1.807, 2.05) is 6.92 Å². The highest BCUT2D eigenvalue weighted by molar-refractivity contribution is 5.84. The second-order valence-electron chi connectivity index (χ2n) is 5.02. The molecule has 0 aromatic rings. The van der Waals surface area contributed by atoms with Gasteiger partial charge in [-0.15, -0.1) is 0 Å². The van der Waals surface area contributed by atoms with Crippen molar-refractivity contribution in [1.29, 1.82) is 0 Å². The lowest BCUT2D eigenvalue weighted by molar-refractivity contribution is -0.151. The minimum atomic E-state index is -0.289. The largest absolute Gasteiger partial charge is 0.394 e. The van der Waals surface area contributed by atoms with E-state index in [9.17, 15) is 9.59 Å². The molecule has 2 heterocycles. The van der Waals surface area contributed by atoms with Crippen LogP contribution < -0.4 is 5.32 Å². The molecule has 2 fully saturated rings. The zero-order valence-electron chi connectivity index (χ0n) is 10.6. The zero-order chi connectivity index (χ0) is 13.1. The molecular formula is C12H20N2O4. The van der Waals surface area contributed by atoms with Crippen molar-refractivity contribution >= 4 is 11.8 Å². The van der Waals surface area contributed by atoms with Crippen molar-refractivity contribution in [3.05, 3.63) is 0 Å². The number of aliphatic hydroxyl groups is 1. The van der Waals surface area contributed by atoms with Gasteiger partial charge in [0.1, 0.15) is 0 Å². The van der Waals surface area contributed by atoms with E-state index in [4.69, 9.17) is 9.84 Å². The number of morpholine rings is 1. The standard InChI is InChI=1S/C12H20N2O4/c1-8-7-18-10(6-15)5-14(8)12(17)9-2-3-11(16)13-4-9/h8-10,15H,2-7H2,1H3,(H,13,16). The number of amides is 2. The predicted octanol–water partition coefficient (Wildman–Crippen LogP) is -0.879. The fraction of sp³-hybridized carbons (Fsp3) is 0.833. The van der Waals surface area contributed by atoms with Gasteiger partial charge in [0.25, 0.3) is 0 Å². The fourth-order valence-electron chi connectivity index (χ4n) is 2.41. The maximum Gasteiger partial charge on any atom is 0.227 e. The third-order valence-electron chi connectivity index (χ3n) is 3.61. The molecule has 6 heteroatoms. The second kappa shape index (κ2) is 5.67. The molecule has 0 radical (unpaired) electrons. The topological polar surface area (TPSA) is 78.9 Å². The first-order valence-electron chi connectivity index (χ1n) is 6.41. The molecule has 2 aliphatic heterocycles. The highest BCUT2D eigenvalue weighted by Crippen LogP contribution is 2.19. The number of rotatable bonds is 2. The number of carbonyl (C=O) groups is 2. The summed E-state index contributed by atoms with van der Waals surface area (Å²) < 4.78 is 5.41. The first-order chi connectivity index (χ1) is 8.61. The van der Waals surface area contributed by atoms with Crippen LogP contribution in [0.2, 0.25) is 0 Å². The summed E-state index contributed by atoms with van der Waals surface area (Å²) in [5.74, 6) is -0.0610. The van der Waals surface area contributed by atoms with Crippen LogP contribution in [0.3, 0.4) is 0 Å². The number of aliphatic hydroxyl groups excluding tert-OH is 1. The molecule has 102 valence electrons. The molecule has 2 rings (SSSR count). The zero-order valence-corrected chi connectivity index (χ0v) is 10.6. The summed E-state index contributed by atoms with van der Waals surface area (Å²) in [7, 11) is 0. The van der Waals surface area contributed by atoms with Crippen molar-refractivity contribution in [2.24, 2.45) is 5.92 Å². The Morgan fingerprint density at radius 1 is 1.61 bits per heavy atom. The maximum atomic E-state index is 12.4. The number of nitrogens with zero attached hydrogens (tertiary/aromatic N) is 1. The van der Waals surface area contributed by atoms with Gasteiger partial charge in [-0.25, -0.2) is 0 Å². The van der Waals surface area contributed by atoms with Crippen LogP contribution in [0.15, 0.2) is 0 Å². The van der Waals surface area contributed by atoms with E-state index in [2.05, 4.69) is 5.32 Å². The van der Waals surface area contributed by atoms with Crippen molar-refractivity contribution in [1.82, 2.24) is 10.2 Å². The molecule has 0 spiro atoms. The number of hydrogen-bond donors (Lipinski definition) is 2. The molecule has 0 bridgehead atoms.